The van der Waals surface area contributed by atoms with Gasteiger partial charge in [0.2, 0.25) is 17.7 Å². The lowest BCUT2D eigenvalue weighted by molar-refractivity contribution is -0.117. The number of H-pyrrole nitrogens is 2. The number of aromatic nitrogens is 7. The number of nitrogens with one attached hydrogen (secondary N) is 4. The highest BCUT2D eigenvalue weighted by Gasteiger charge is 2.26. The molecule has 0 radical (unpaired) electrons. The highest BCUT2D eigenvalue weighted by molar-refractivity contribution is 6.06. The van der Waals surface area contributed by atoms with Crippen LogP contribution in [0, 0.1) is 13.8 Å². The van der Waals surface area contributed by atoms with Crippen molar-refractivity contribution in [2.75, 3.05) is 30.3 Å². The molecule has 1 fully saturated rings. The average Bonchev–Trinajstić information content (AvgIpc) is 3.71. The van der Waals surface area contributed by atoms with Crippen molar-refractivity contribution in [3.63, 3.8) is 0 Å². The van der Waals surface area contributed by atoms with E-state index >= 15 is 0 Å². The number of aromatic amines is 2. The highest BCUT2D eigenvalue weighted by Crippen LogP contribution is 2.33. The minimum atomic E-state index is -0.0730. The number of amides is 1. The fourth-order valence-electron chi connectivity index (χ4n) is 4.88. The number of para-hydroxylation sites is 1. The number of likely N-dealkylation sites (tertiary alicyclic amines) is 1. The lowest BCUT2D eigenvalue weighted by Gasteiger charge is -2.16. The van der Waals surface area contributed by atoms with E-state index in [0.717, 1.165) is 52.1 Å². The molecule has 1 atom stereocenters. The Morgan fingerprint density at radius 2 is 2.15 bits per heavy atom. The van der Waals surface area contributed by atoms with E-state index in [0.29, 0.717) is 30.7 Å². The van der Waals surface area contributed by atoms with Gasteiger partial charge in [-0.3, -0.25) is 14.4 Å². The number of aryl methyl sites for hydroxylation is 3. The Bertz CT molecular complexity index is 1600. The van der Waals surface area contributed by atoms with Gasteiger partial charge in [-0.15, -0.1) is 0 Å². The van der Waals surface area contributed by atoms with Crippen molar-refractivity contribution in [1.82, 2.24) is 39.8 Å². The molecular weight excluding hydrogens is 496 g/mol. The SMILES string of the molecule is Cc1cnc(Nc2cc(C)n(C)n2)nc1-c1c[nH]c2c(NC(=O)CN3CC[C@H](Oc4ccn[nH]4)C3)cccc12. The van der Waals surface area contributed by atoms with Gasteiger partial charge < -0.3 is 20.4 Å². The molecule has 1 saturated heterocycles. The fraction of sp³-hybridized carbons (Fsp3) is 0.296. The standard InChI is InChI=1S/C27H30N10O2/c1-16-12-29-27(32-22-11-17(2)36(3)35-22)33-25(16)20-13-28-26-19(20)5-4-6-21(26)31-23(38)15-37-10-8-18(14-37)39-24-7-9-30-34-24/h4-7,9,11-13,18,28H,8,10,14-15H2,1-3H3,(H,30,34)(H,31,38)(H,29,32,33,35)/t18-/m0/s1. The molecule has 200 valence electrons. The van der Waals surface area contributed by atoms with Crippen LogP contribution in [0.15, 0.2) is 48.9 Å². The zero-order valence-electron chi connectivity index (χ0n) is 22.0. The van der Waals surface area contributed by atoms with Crippen LogP contribution in [-0.4, -0.2) is 71.5 Å². The summed E-state index contributed by atoms with van der Waals surface area (Å²) >= 11 is 0. The first-order valence-corrected chi connectivity index (χ1v) is 12.8. The molecule has 1 aliphatic heterocycles. The molecule has 6 rings (SSSR count). The van der Waals surface area contributed by atoms with E-state index in [1.165, 1.54) is 0 Å². The number of fused-ring (bicyclic) bond motifs is 1. The van der Waals surface area contributed by atoms with Crippen molar-refractivity contribution in [2.24, 2.45) is 7.05 Å². The van der Waals surface area contributed by atoms with Crippen LogP contribution in [0.4, 0.5) is 17.5 Å². The molecule has 1 amide bonds. The molecule has 12 nitrogen and oxygen atoms in total. The molecule has 12 heteroatoms. The summed E-state index contributed by atoms with van der Waals surface area (Å²) in [5, 5.41) is 18.4. The molecule has 0 aliphatic carbocycles. The average molecular weight is 527 g/mol. The quantitative estimate of drug-likeness (QED) is 0.241. The van der Waals surface area contributed by atoms with Gasteiger partial charge in [-0.25, -0.2) is 15.1 Å². The van der Waals surface area contributed by atoms with Gasteiger partial charge in [0.1, 0.15) is 6.10 Å². The minimum Gasteiger partial charge on any atom is -0.473 e. The van der Waals surface area contributed by atoms with Crippen LogP contribution in [0.1, 0.15) is 17.7 Å². The first-order valence-electron chi connectivity index (χ1n) is 12.8. The molecular formula is C27H30N10O2. The van der Waals surface area contributed by atoms with Gasteiger partial charge >= 0.3 is 0 Å². The largest absolute Gasteiger partial charge is 0.473 e. The molecule has 4 aromatic heterocycles. The maximum atomic E-state index is 13.0. The predicted molar refractivity (Wildman–Crippen MR) is 148 cm³/mol. The molecule has 1 aromatic carbocycles. The molecule has 39 heavy (non-hydrogen) atoms. The first-order chi connectivity index (χ1) is 18.9. The Kier molecular flexibility index (Phi) is 6.45. The normalized spacial score (nSPS) is 15.6. The summed E-state index contributed by atoms with van der Waals surface area (Å²) in [6.45, 7) is 5.74. The first kappa shape index (κ1) is 24.6. The smallest absolute Gasteiger partial charge is 0.238 e. The van der Waals surface area contributed by atoms with Crippen LogP contribution in [-0.2, 0) is 11.8 Å². The number of hydrogen-bond acceptors (Lipinski definition) is 8. The molecule has 5 heterocycles. The lowest BCUT2D eigenvalue weighted by atomic mass is 10.1. The van der Waals surface area contributed by atoms with E-state index in [1.54, 1.807) is 23.1 Å². The van der Waals surface area contributed by atoms with Crippen molar-refractivity contribution in [3.05, 3.63) is 60.2 Å². The third kappa shape index (κ3) is 5.18. The van der Waals surface area contributed by atoms with Crippen molar-refractivity contribution in [1.29, 1.82) is 0 Å². The summed E-state index contributed by atoms with van der Waals surface area (Å²) < 4.78 is 7.69. The number of hydrogen-bond donors (Lipinski definition) is 4. The van der Waals surface area contributed by atoms with E-state index < -0.39 is 0 Å². The molecule has 0 spiro atoms. The van der Waals surface area contributed by atoms with Crippen LogP contribution in [0.3, 0.4) is 0 Å². The molecule has 0 saturated carbocycles. The zero-order chi connectivity index (χ0) is 26.9. The molecule has 5 aromatic rings. The third-order valence-corrected chi connectivity index (χ3v) is 6.94. The van der Waals surface area contributed by atoms with E-state index in [9.17, 15) is 4.79 Å². The van der Waals surface area contributed by atoms with Gasteiger partial charge in [-0.05, 0) is 31.9 Å². The maximum Gasteiger partial charge on any atom is 0.238 e. The predicted octanol–water partition coefficient (Wildman–Crippen LogP) is 3.53. The fourth-order valence-corrected chi connectivity index (χ4v) is 4.88. The Morgan fingerprint density at radius 3 is 2.95 bits per heavy atom. The minimum absolute atomic E-state index is 0.0322. The van der Waals surface area contributed by atoms with Crippen LogP contribution in [0.25, 0.3) is 22.2 Å². The van der Waals surface area contributed by atoms with E-state index in [-0.39, 0.29) is 12.0 Å². The van der Waals surface area contributed by atoms with E-state index in [2.05, 4.69) is 40.8 Å². The van der Waals surface area contributed by atoms with E-state index in [1.807, 2.05) is 51.4 Å². The summed E-state index contributed by atoms with van der Waals surface area (Å²) in [6.07, 6.45) is 6.26. The van der Waals surface area contributed by atoms with Gasteiger partial charge in [0.25, 0.3) is 0 Å². The monoisotopic (exact) mass is 526 g/mol. The summed E-state index contributed by atoms with van der Waals surface area (Å²) in [7, 11) is 1.89. The second kappa shape index (κ2) is 10.2. The number of carbonyl (C=O) groups is 1. The van der Waals surface area contributed by atoms with Crippen LogP contribution in [0.5, 0.6) is 5.88 Å². The second-order valence-corrected chi connectivity index (χ2v) is 9.81. The van der Waals surface area contributed by atoms with Crippen molar-refractivity contribution in [3.8, 4) is 17.1 Å². The zero-order valence-corrected chi connectivity index (χ0v) is 22.0. The number of nitrogens with zero attached hydrogens (tertiary/aromatic N) is 6. The van der Waals surface area contributed by atoms with Gasteiger partial charge in [-0.2, -0.15) is 10.2 Å². The molecule has 0 bridgehead atoms. The molecule has 4 N–H and O–H groups in total. The maximum absolute atomic E-state index is 13.0. The van der Waals surface area contributed by atoms with Crippen LogP contribution < -0.4 is 15.4 Å². The Hall–Kier alpha value is -4.71. The lowest BCUT2D eigenvalue weighted by Crippen LogP contribution is -2.33. The van der Waals surface area contributed by atoms with Crippen molar-refractivity contribution >= 4 is 34.3 Å². The Morgan fingerprint density at radius 1 is 1.26 bits per heavy atom. The number of anilines is 3. The summed E-state index contributed by atoms with van der Waals surface area (Å²) in [5.41, 5.74) is 5.27. The number of benzene rings is 1. The highest BCUT2D eigenvalue weighted by atomic mass is 16.5. The molecule has 0 unspecified atom stereocenters. The van der Waals surface area contributed by atoms with Gasteiger partial charge in [0.15, 0.2) is 5.82 Å². The Labute approximate surface area is 224 Å². The summed E-state index contributed by atoms with van der Waals surface area (Å²) in [4.78, 5) is 27.6. The van der Waals surface area contributed by atoms with Gasteiger partial charge in [-0.1, -0.05) is 12.1 Å². The van der Waals surface area contributed by atoms with Crippen LogP contribution in [0.2, 0.25) is 0 Å². The van der Waals surface area contributed by atoms with Crippen molar-refractivity contribution < 1.29 is 9.53 Å². The number of ether oxygens (including phenoxy) is 1. The second-order valence-electron chi connectivity index (χ2n) is 9.81. The summed E-state index contributed by atoms with van der Waals surface area (Å²) in [5.74, 6) is 1.73. The van der Waals surface area contributed by atoms with Gasteiger partial charge in [0, 0.05) is 61.3 Å². The van der Waals surface area contributed by atoms with Gasteiger partial charge in [0.05, 0.1) is 29.6 Å². The number of rotatable bonds is 8. The topological polar surface area (TPSA) is 142 Å². The van der Waals surface area contributed by atoms with E-state index in [4.69, 9.17) is 9.72 Å². The Balaban J connectivity index is 1.16. The van der Waals surface area contributed by atoms with Crippen molar-refractivity contribution in [2.45, 2.75) is 26.4 Å². The third-order valence-electron chi connectivity index (χ3n) is 6.94. The summed E-state index contributed by atoms with van der Waals surface area (Å²) in [6, 6.07) is 9.59. The molecule has 1 aliphatic rings. The number of carbonyl (C=O) groups excluding carboxylic acids is 1. The van der Waals surface area contributed by atoms with Crippen LogP contribution >= 0.6 is 0 Å².